The van der Waals surface area contributed by atoms with Crippen LogP contribution in [0.25, 0.3) is 5.76 Å². The van der Waals surface area contributed by atoms with E-state index in [4.69, 9.17) is 21.1 Å². The lowest BCUT2D eigenvalue weighted by Gasteiger charge is -2.26. The molecule has 1 N–H and O–H groups in total. The Bertz CT molecular complexity index is 1350. The highest BCUT2D eigenvalue weighted by Crippen LogP contribution is 2.43. The van der Waals surface area contributed by atoms with Gasteiger partial charge in [-0.3, -0.25) is 14.5 Å². The van der Waals surface area contributed by atoms with Crippen LogP contribution in [0.2, 0.25) is 5.02 Å². The van der Waals surface area contributed by atoms with Crippen LogP contribution in [0.3, 0.4) is 0 Å². The molecule has 1 aliphatic rings. The van der Waals surface area contributed by atoms with Crippen molar-refractivity contribution in [3.8, 4) is 11.5 Å². The molecule has 3 aromatic carbocycles. The molecular weight excluding hydrogens is 490 g/mol. The predicted octanol–water partition coefficient (Wildman–Crippen LogP) is 6.89. The largest absolute Gasteiger partial charge is 0.507 e. The Kier molecular flexibility index (Phi) is 7.89. The maximum absolute atomic E-state index is 13.4. The van der Waals surface area contributed by atoms with Crippen molar-refractivity contribution in [1.29, 1.82) is 0 Å². The molecule has 1 amide bonds. The van der Waals surface area contributed by atoms with Crippen LogP contribution in [0.15, 0.2) is 72.3 Å². The zero-order valence-electron chi connectivity index (χ0n) is 21.3. The number of hydrogen-bond acceptors (Lipinski definition) is 5. The fourth-order valence-corrected chi connectivity index (χ4v) is 4.73. The number of hydrogen-bond donors (Lipinski definition) is 1. The zero-order chi connectivity index (χ0) is 26.7. The van der Waals surface area contributed by atoms with E-state index >= 15 is 0 Å². The van der Waals surface area contributed by atoms with Crippen molar-refractivity contribution in [2.24, 2.45) is 0 Å². The molecule has 1 aliphatic heterocycles. The van der Waals surface area contributed by atoms with Crippen molar-refractivity contribution in [3.05, 3.63) is 94.0 Å². The van der Waals surface area contributed by atoms with Crippen LogP contribution in [0.5, 0.6) is 11.5 Å². The molecule has 0 aromatic heterocycles. The lowest BCUT2D eigenvalue weighted by molar-refractivity contribution is -0.132. The fourth-order valence-electron chi connectivity index (χ4n) is 4.54. The number of ketones is 1. The minimum atomic E-state index is -0.858. The molecule has 0 saturated carbocycles. The van der Waals surface area contributed by atoms with Gasteiger partial charge in [0.15, 0.2) is 0 Å². The van der Waals surface area contributed by atoms with Gasteiger partial charge in [-0.05, 0) is 79.4 Å². The number of benzene rings is 3. The van der Waals surface area contributed by atoms with Gasteiger partial charge in [0.05, 0.1) is 24.8 Å². The summed E-state index contributed by atoms with van der Waals surface area (Å²) in [6.07, 6.45) is 0. The van der Waals surface area contributed by atoms with Crippen LogP contribution >= 0.6 is 11.6 Å². The molecule has 1 saturated heterocycles. The summed E-state index contributed by atoms with van der Waals surface area (Å²) in [6, 6.07) is 18.4. The molecule has 1 unspecified atom stereocenters. The second kappa shape index (κ2) is 11.1. The third-order valence-corrected chi connectivity index (χ3v) is 6.48. The van der Waals surface area contributed by atoms with Gasteiger partial charge in [0.25, 0.3) is 11.7 Å². The summed E-state index contributed by atoms with van der Waals surface area (Å²) in [5.41, 5.74) is 2.45. The molecule has 1 heterocycles. The molecule has 7 heteroatoms. The maximum Gasteiger partial charge on any atom is 0.300 e. The van der Waals surface area contributed by atoms with E-state index in [1.165, 1.54) is 4.90 Å². The SMILES string of the molecule is CCOc1ccc(C2/C(=C(/O)c3ccc(OCC)c(C(C)C)c3)C(=O)C(=O)N2c2cccc(Cl)c2)cc1. The molecule has 1 atom stereocenters. The van der Waals surface area contributed by atoms with Gasteiger partial charge in [0, 0.05) is 16.3 Å². The smallest absolute Gasteiger partial charge is 0.300 e. The predicted molar refractivity (Wildman–Crippen MR) is 146 cm³/mol. The molecule has 0 spiro atoms. The number of aliphatic hydroxyl groups is 1. The van der Waals surface area contributed by atoms with Gasteiger partial charge in [-0.25, -0.2) is 0 Å². The molecular formula is C30H30ClNO5. The first-order valence-corrected chi connectivity index (χ1v) is 12.7. The van der Waals surface area contributed by atoms with Crippen molar-refractivity contribution in [1.82, 2.24) is 0 Å². The van der Waals surface area contributed by atoms with E-state index in [-0.39, 0.29) is 17.3 Å². The van der Waals surface area contributed by atoms with Crippen molar-refractivity contribution in [2.75, 3.05) is 18.1 Å². The van der Waals surface area contributed by atoms with Crippen molar-refractivity contribution < 1.29 is 24.2 Å². The van der Waals surface area contributed by atoms with E-state index in [0.717, 1.165) is 11.3 Å². The summed E-state index contributed by atoms with van der Waals surface area (Å²) in [4.78, 5) is 28.2. The Morgan fingerprint density at radius 2 is 1.68 bits per heavy atom. The number of aliphatic hydroxyl groups excluding tert-OH is 1. The minimum Gasteiger partial charge on any atom is -0.507 e. The summed E-state index contributed by atoms with van der Waals surface area (Å²) in [5.74, 6) is -0.249. The number of anilines is 1. The van der Waals surface area contributed by atoms with Crippen LogP contribution in [0, 0.1) is 0 Å². The second-order valence-corrected chi connectivity index (χ2v) is 9.43. The highest BCUT2D eigenvalue weighted by Gasteiger charge is 2.47. The van der Waals surface area contributed by atoms with E-state index < -0.39 is 17.7 Å². The zero-order valence-corrected chi connectivity index (χ0v) is 22.1. The van der Waals surface area contributed by atoms with Gasteiger partial charge in [0.2, 0.25) is 0 Å². The first-order valence-electron chi connectivity index (χ1n) is 12.3. The molecule has 0 bridgehead atoms. The van der Waals surface area contributed by atoms with E-state index in [1.807, 2.05) is 33.8 Å². The fraction of sp³-hybridized carbons (Fsp3) is 0.267. The lowest BCUT2D eigenvalue weighted by Crippen LogP contribution is -2.29. The molecule has 1 fully saturated rings. The standard InChI is InChI=1S/C30H30ClNO5/c1-5-36-23-13-10-19(11-14-23)27-26(29(34)30(35)32(27)22-9-7-8-21(31)17-22)28(33)20-12-15-25(37-6-2)24(16-20)18(3)4/h7-18,27,33H,5-6H2,1-4H3/b28-26-. The molecule has 6 nitrogen and oxygen atoms in total. The number of nitrogens with zero attached hydrogens (tertiary/aromatic N) is 1. The second-order valence-electron chi connectivity index (χ2n) is 8.99. The molecule has 0 aliphatic carbocycles. The summed E-state index contributed by atoms with van der Waals surface area (Å²) in [5, 5.41) is 11.9. The molecule has 0 radical (unpaired) electrons. The molecule has 3 aromatic rings. The van der Waals surface area contributed by atoms with Gasteiger partial charge < -0.3 is 14.6 Å². The Labute approximate surface area is 222 Å². The van der Waals surface area contributed by atoms with E-state index in [1.54, 1.807) is 60.7 Å². The van der Waals surface area contributed by atoms with E-state index in [9.17, 15) is 14.7 Å². The number of halogens is 1. The number of carbonyl (C=O) groups is 2. The van der Waals surface area contributed by atoms with Gasteiger partial charge >= 0.3 is 0 Å². The molecule has 4 rings (SSSR count). The third-order valence-electron chi connectivity index (χ3n) is 6.24. The van der Waals surface area contributed by atoms with Gasteiger partial charge in [-0.2, -0.15) is 0 Å². The van der Waals surface area contributed by atoms with Gasteiger partial charge in [0.1, 0.15) is 17.3 Å². The first kappa shape index (κ1) is 26.3. The normalized spacial score (nSPS) is 16.9. The Morgan fingerprint density at radius 1 is 0.973 bits per heavy atom. The minimum absolute atomic E-state index is 0.00741. The Morgan fingerprint density at radius 3 is 2.30 bits per heavy atom. The summed E-state index contributed by atoms with van der Waals surface area (Å²) in [7, 11) is 0. The van der Waals surface area contributed by atoms with E-state index in [0.29, 0.717) is 40.8 Å². The van der Waals surface area contributed by atoms with Gasteiger partial charge in [-0.15, -0.1) is 0 Å². The average molecular weight is 520 g/mol. The number of amides is 1. The number of rotatable bonds is 8. The number of carbonyl (C=O) groups excluding carboxylic acids is 2. The van der Waals surface area contributed by atoms with Crippen molar-refractivity contribution in [2.45, 2.75) is 39.7 Å². The summed E-state index contributed by atoms with van der Waals surface area (Å²) < 4.78 is 11.3. The van der Waals surface area contributed by atoms with Crippen molar-refractivity contribution >= 4 is 34.7 Å². The highest BCUT2D eigenvalue weighted by molar-refractivity contribution is 6.51. The quantitative estimate of drug-likeness (QED) is 0.199. The van der Waals surface area contributed by atoms with E-state index in [2.05, 4.69) is 0 Å². The first-order chi connectivity index (χ1) is 17.8. The highest BCUT2D eigenvalue weighted by atomic mass is 35.5. The van der Waals surface area contributed by atoms with Crippen LogP contribution in [-0.4, -0.2) is 30.0 Å². The summed E-state index contributed by atoms with van der Waals surface area (Å²) in [6.45, 7) is 8.87. The van der Waals surface area contributed by atoms with Crippen LogP contribution in [-0.2, 0) is 9.59 Å². The average Bonchev–Trinajstić information content (AvgIpc) is 3.15. The molecule has 37 heavy (non-hydrogen) atoms. The number of ether oxygens (including phenoxy) is 2. The number of Topliss-reactive ketones (excluding diaryl/α,β-unsaturated/α-hetero) is 1. The maximum atomic E-state index is 13.4. The molecule has 192 valence electrons. The Hall–Kier alpha value is -3.77. The monoisotopic (exact) mass is 519 g/mol. The van der Waals surface area contributed by atoms with Crippen LogP contribution in [0.4, 0.5) is 5.69 Å². The van der Waals surface area contributed by atoms with Crippen LogP contribution < -0.4 is 14.4 Å². The lowest BCUT2D eigenvalue weighted by atomic mass is 9.93. The van der Waals surface area contributed by atoms with Gasteiger partial charge in [-0.1, -0.05) is 43.6 Å². The third kappa shape index (κ3) is 5.20. The summed E-state index contributed by atoms with van der Waals surface area (Å²) >= 11 is 6.23. The van der Waals surface area contributed by atoms with Crippen molar-refractivity contribution in [3.63, 3.8) is 0 Å². The topological polar surface area (TPSA) is 76.1 Å². The Balaban J connectivity index is 1.91. The van der Waals surface area contributed by atoms with Crippen LogP contribution in [0.1, 0.15) is 56.3 Å².